The van der Waals surface area contributed by atoms with Crippen LogP contribution in [0.15, 0.2) is 30.3 Å². The van der Waals surface area contributed by atoms with Crippen LogP contribution in [0.5, 0.6) is 6.01 Å². The number of nitrogens with one attached hydrogen (secondary N) is 1. The molecule has 7 heteroatoms. The van der Waals surface area contributed by atoms with Gasteiger partial charge in [0.2, 0.25) is 11.2 Å². The van der Waals surface area contributed by atoms with E-state index in [2.05, 4.69) is 20.3 Å². The first-order valence-corrected chi connectivity index (χ1v) is 6.57. The topological polar surface area (TPSA) is 86.0 Å². The molecule has 0 fully saturated rings. The summed E-state index contributed by atoms with van der Waals surface area (Å²) in [6.45, 7) is 0.625. The summed E-state index contributed by atoms with van der Waals surface area (Å²) in [6, 6.07) is 10.1. The minimum atomic E-state index is -0.0390. The van der Waals surface area contributed by atoms with Crippen LogP contribution in [0.25, 0.3) is 0 Å². The number of aromatic nitrogens is 3. The number of nitrogens with two attached hydrogens (primary N) is 1. The van der Waals surface area contributed by atoms with Crippen LogP contribution in [0.3, 0.4) is 0 Å². The first-order chi connectivity index (χ1) is 9.69. The van der Waals surface area contributed by atoms with E-state index in [1.54, 1.807) is 0 Å². The van der Waals surface area contributed by atoms with Crippen molar-refractivity contribution in [2.24, 2.45) is 5.73 Å². The van der Waals surface area contributed by atoms with E-state index in [0.29, 0.717) is 12.5 Å². The van der Waals surface area contributed by atoms with Crippen LogP contribution >= 0.6 is 11.6 Å². The molecule has 0 saturated carbocycles. The summed E-state index contributed by atoms with van der Waals surface area (Å²) in [5.41, 5.74) is 7.20. The highest BCUT2D eigenvalue weighted by Crippen LogP contribution is 2.14. The zero-order valence-corrected chi connectivity index (χ0v) is 11.8. The number of rotatable bonds is 6. The highest BCUT2D eigenvalue weighted by molar-refractivity contribution is 6.28. The molecule has 0 spiro atoms. The maximum absolute atomic E-state index is 6.10. The van der Waals surface area contributed by atoms with E-state index in [1.807, 2.05) is 30.3 Å². The zero-order valence-electron chi connectivity index (χ0n) is 11.1. The van der Waals surface area contributed by atoms with E-state index in [1.165, 1.54) is 7.11 Å². The fourth-order valence-electron chi connectivity index (χ4n) is 1.71. The summed E-state index contributed by atoms with van der Waals surface area (Å²) in [5, 5.41) is 3.14. The number of halogens is 1. The van der Waals surface area contributed by atoms with Crippen LogP contribution in [0.2, 0.25) is 5.28 Å². The second kappa shape index (κ2) is 7.02. The van der Waals surface area contributed by atoms with Crippen molar-refractivity contribution >= 4 is 17.5 Å². The average molecular weight is 294 g/mol. The van der Waals surface area contributed by atoms with Gasteiger partial charge in [-0.1, -0.05) is 30.3 Å². The highest BCUT2D eigenvalue weighted by atomic mass is 35.5. The monoisotopic (exact) mass is 293 g/mol. The number of hydrogen-bond donors (Lipinski definition) is 2. The van der Waals surface area contributed by atoms with Crippen LogP contribution in [0.4, 0.5) is 5.95 Å². The molecule has 1 heterocycles. The number of nitrogens with zero attached hydrogens (tertiary/aromatic N) is 3. The molecule has 2 rings (SSSR count). The van der Waals surface area contributed by atoms with Gasteiger partial charge in [-0.25, -0.2) is 0 Å². The van der Waals surface area contributed by atoms with Crippen molar-refractivity contribution in [3.05, 3.63) is 41.2 Å². The molecule has 0 saturated heterocycles. The Morgan fingerprint density at radius 1 is 1.25 bits per heavy atom. The molecule has 0 aliphatic rings. The molecule has 106 valence electrons. The molecule has 2 aromatic rings. The number of methoxy groups -OCH3 is 1. The van der Waals surface area contributed by atoms with Crippen LogP contribution in [-0.4, -0.2) is 28.6 Å². The standard InChI is InChI=1S/C13H16ClN5O/c1-20-13-18-11(14)17-12(19-13)16-8-7-10(15)9-5-3-2-4-6-9/h2-6,10H,7-8,15H2,1H3,(H,16,17,18,19). The van der Waals surface area contributed by atoms with Crippen LogP contribution < -0.4 is 15.8 Å². The summed E-state index contributed by atoms with van der Waals surface area (Å²) in [7, 11) is 1.47. The number of hydrogen-bond acceptors (Lipinski definition) is 6. The van der Waals surface area contributed by atoms with E-state index in [0.717, 1.165) is 12.0 Å². The first kappa shape index (κ1) is 14.5. The summed E-state index contributed by atoms with van der Waals surface area (Å²) >= 11 is 5.76. The molecule has 0 aliphatic carbocycles. The molecule has 0 radical (unpaired) electrons. The third-order valence-corrected chi connectivity index (χ3v) is 2.91. The quantitative estimate of drug-likeness (QED) is 0.847. The van der Waals surface area contributed by atoms with Gasteiger partial charge in [0.1, 0.15) is 0 Å². The molecule has 20 heavy (non-hydrogen) atoms. The lowest BCUT2D eigenvalue weighted by Gasteiger charge is -2.12. The van der Waals surface area contributed by atoms with E-state index in [-0.39, 0.29) is 17.3 Å². The lowest BCUT2D eigenvalue weighted by atomic mass is 10.1. The molecular weight excluding hydrogens is 278 g/mol. The molecule has 0 bridgehead atoms. The number of ether oxygens (including phenoxy) is 1. The second-order valence-electron chi connectivity index (χ2n) is 4.15. The molecule has 0 aliphatic heterocycles. The Morgan fingerprint density at radius 2 is 2.00 bits per heavy atom. The van der Waals surface area contributed by atoms with Gasteiger partial charge in [0, 0.05) is 12.6 Å². The van der Waals surface area contributed by atoms with Gasteiger partial charge in [-0.3, -0.25) is 0 Å². The van der Waals surface area contributed by atoms with Gasteiger partial charge >= 0.3 is 6.01 Å². The summed E-state index contributed by atoms with van der Waals surface area (Å²) < 4.78 is 4.92. The van der Waals surface area contributed by atoms with Crippen molar-refractivity contribution in [3.63, 3.8) is 0 Å². The third kappa shape index (κ3) is 4.04. The van der Waals surface area contributed by atoms with Gasteiger partial charge in [-0.15, -0.1) is 0 Å². The Kier molecular flexibility index (Phi) is 5.09. The van der Waals surface area contributed by atoms with Crippen molar-refractivity contribution in [2.45, 2.75) is 12.5 Å². The molecule has 1 atom stereocenters. The lowest BCUT2D eigenvalue weighted by molar-refractivity contribution is 0.379. The maximum atomic E-state index is 6.10. The molecule has 6 nitrogen and oxygen atoms in total. The van der Waals surface area contributed by atoms with Crippen molar-refractivity contribution in [2.75, 3.05) is 19.0 Å². The van der Waals surface area contributed by atoms with Crippen molar-refractivity contribution in [1.82, 2.24) is 15.0 Å². The Hall–Kier alpha value is -1.92. The van der Waals surface area contributed by atoms with Crippen molar-refractivity contribution < 1.29 is 4.74 Å². The Labute approximate surface area is 122 Å². The number of anilines is 1. The highest BCUT2D eigenvalue weighted by Gasteiger charge is 2.07. The van der Waals surface area contributed by atoms with Gasteiger partial charge < -0.3 is 15.8 Å². The van der Waals surface area contributed by atoms with Crippen LogP contribution in [-0.2, 0) is 0 Å². The van der Waals surface area contributed by atoms with E-state index < -0.39 is 0 Å². The van der Waals surface area contributed by atoms with Crippen LogP contribution in [0.1, 0.15) is 18.0 Å². The maximum Gasteiger partial charge on any atom is 0.322 e. The second-order valence-corrected chi connectivity index (χ2v) is 4.49. The van der Waals surface area contributed by atoms with Gasteiger partial charge in [-0.05, 0) is 23.6 Å². The molecular formula is C13H16ClN5O. The largest absolute Gasteiger partial charge is 0.467 e. The van der Waals surface area contributed by atoms with Crippen molar-refractivity contribution in [3.8, 4) is 6.01 Å². The van der Waals surface area contributed by atoms with E-state index >= 15 is 0 Å². The van der Waals surface area contributed by atoms with E-state index in [4.69, 9.17) is 22.1 Å². The molecule has 3 N–H and O–H groups in total. The third-order valence-electron chi connectivity index (χ3n) is 2.74. The normalized spacial score (nSPS) is 11.9. The minimum absolute atomic E-state index is 0.0390. The summed E-state index contributed by atoms with van der Waals surface area (Å²) in [5.74, 6) is 0.377. The fourth-order valence-corrected chi connectivity index (χ4v) is 1.86. The predicted molar refractivity (Wildman–Crippen MR) is 77.9 cm³/mol. The smallest absolute Gasteiger partial charge is 0.322 e. The Morgan fingerprint density at radius 3 is 2.70 bits per heavy atom. The van der Waals surface area contributed by atoms with Gasteiger partial charge in [0.15, 0.2) is 0 Å². The molecule has 1 aromatic carbocycles. The van der Waals surface area contributed by atoms with Crippen LogP contribution in [0, 0.1) is 0 Å². The lowest BCUT2D eigenvalue weighted by Crippen LogP contribution is -2.16. The van der Waals surface area contributed by atoms with Crippen molar-refractivity contribution in [1.29, 1.82) is 0 Å². The molecule has 0 amide bonds. The SMILES string of the molecule is COc1nc(Cl)nc(NCCC(N)c2ccccc2)n1. The fraction of sp³-hybridized carbons (Fsp3) is 0.308. The van der Waals surface area contributed by atoms with E-state index in [9.17, 15) is 0 Å². The van der Waals surface area contributed by atoms with Gasteiger partial charge in [0.05, 0.1) is 7.11 Å². The average Bonchev–Trinajstić information content (AvgIpc) is 2.47. The molecule has 1 aromatic heterocycles. The summed E-state index contributed by atoms with van der Waals surface area (Å²) in [6.07, 6.45) is 0.746. The van der Waals surface area contributed by atoms with Gasteiger partial charge in [0.25, 0.3) is 0 Å². The molecule has 1 unspecified atom stereocenters. The Balaban J connectivity index is 1.88. The minimum Gasteiger partial charge on any atom is -0.467 e. The van der Waals surface area contributed by atoms with Gasteiger partial charge in [-0.2, -0.15) is 15.0 Å². The Bertz CT molecular complexity index is 552. The predicted octanol–water partition coefficient (Wildman–Crippen LogP) is 2.04. The summed E-state index contributed by atoms with van der Waals surface area (Å²) in [4.78, 5) is 11.8. The first-order valence-electron chi connectivity index (χ1n) is 6.19. The number of benzene rings is 1. The zero-order chi connectivity index (χ0) is 14.4.